The van der Waals surface area contributed by atoms with Gasteiger partial charge in [0.2, 0.25) is 0 Å². The Kier molecular flexibility index (Phi) is 3.97. The first kappa shape index (κ1) is 12.9. The highest BCUT2D eigenvalue weighted by atomic mass is 16.4. The molecule has 19 heavy (non-hydrogen) atoms. The van der Waals surface area contributed by atoms with Gasteiger partial charge in [-0.25, -0.2) is 0 Å². The van der Waals surface area contributed by atoms with Gasteiger partial charge in [0.15, 0.2) is 5.78 Å². The summed E-state index contributed by atoms with van der Waals surface area (Å²) in [6.45, 7) is 0. The molecule has 2 aromatic heterocycles. The average Bonchev–Trinajstić information content (AvgIpc) is 2.40. The molecular formula is C14H12N2O3. The summed E-state index contributed by atoms with van der Waals surface area (Å²) >= 11 is 0. The van der Waals surface area contributed by atoms with Gasteiger partial charge < -0.3 is 5.11 Å². The summed E-state index contributed by atoms with van der Waals surface area (Å²) in [5.41, 5.74) is 1.20. The third-order valence-corrected chi connectivity index (χ3v) is 2.74. The lowest BCUT2D eigenvalue weighted by Crippen LogP contribution is -2.23. The predicted octanol–water partition coefficient (Wildman–Crippen LogP) is 1.46. The number of rotatable bonds is 5. The van der Waals surface area contributed by atoms with Crippen LogP contribution in [-0.2, 0) is 16.0 Å². The Bertz CT molecular complexity index is 570. The fourth-order valence-corrected chi connectivity index (χ4v) is 1.83. The quantitative estimate of drug-likeness (QED) is 0.819. The first-order valence-corrected chi connectivity index (χ1v) is 5.73. The fraction of sp³-hybridized carbons (Fsp3) is 0.143. The summed E-state index contributed by atoms with van der Waals surface area (Å²) in [5, 5.41) is 9.22. The van der Waals surface area contributed by atoms with Crippen molar-refractivity contribution in [2.24, 2.45) is 0 Å². The van der Waals surface area contributed by atoms with E-state index >= 15 is 0 Å². The van der Waals surface area contributed by atoms with Crippen LogP contribution in [0.1, 0.15) is 17.0 Å². The van der Waals surface area contributed by atoms with Crippen molar-refractivity contribution in [2.45, 2.75) is 12.3 Å². The third-order valence-electron chi connectivity index (χ3n) is 2.74. The Morgan fingerprint density at radius 2 is 1.53 bits per heavy atom. The Balaban J connectivity index is 2.21. The van der Waals surface area contributed by atoms with Crippen LogP contribution in [-0.4, -0.2) is 26.8 Å². The summed E-state index contributed by atoms with van der Waals surface area (Å²) in [6, 6.07) is 6.49. The molecule has 1 atom stereocenters. The molecule has 0 bridgehead atoms. The van der Waals surface area contributed by atoms with Crippen molar-refractivity contribution in [1.82, 2.24) is 9.97 Å². The number of aromatic nitrogens is 2. The predicted molar refractivity (Wildman–Crippen MR) is 67.6 cm³/mol. The van der Waals surface area contributed by atoms with Crippen LogP contribution in [0.4, 0.5) is 0 Å². The zero-order valence-corrected chi connectivity index (χ0v) is 10.1. The number of carbonyl (C=O) groups excluding carboxylic acids is 1. The maximum absolute atomic E-state index is 12.1. The van der Waals surface area contributed by atoms with E-state index < -0.39 is 11.9 Å². The highest BCUT2D eigenvalue weighted by Gasteiger charge is 2.27. The normalized spacial score (nSPS) is 11.8. The zero-order chi connectivity index (χ0) is 13.7. The smallest absolute Gasteiger partial charge is 0.318 e. The van der Waals surface area contributed by atoms with Crippen LogP contribution in [0.25, 0.3) is 0 Å². The van der Waals surface area contributed by atoms with Gasteiger partial charge in [-0.1, -0.05) is 0 Å². The van der Waals surface area contributed by atoms with Gasteiger partial charge >= 0.3 is 5.97 Å². The van der Waals surface area contributed by atoms with Crippen LogP contribution in [0.15, 0.2) is 49.1 Å². The maximum atomic E-state index is 12.1. The molecule has 0 spiro atoms. The van der Waals surface area contributed by atoms with E-state index in [1.54, 1.807) is 36.7 Å². The zero-order valence-electron chi connectivity index (χ0n) is 10.1. The van der Waals surface area contributed by atoms with Gasteiger partial charge in [-0.05, 0) is 35.4 Å². The van der Waals surface area contributed by atoms with Gasteiger partial charge in [0.25, 0.3) is 0 Å². The molecule has 0 amide bonds. The topological polar surface area (TPSA) is 80.1 Å². The van der Waals surface area contributed by atoms with E-state index in [0.29, 0.717) is 5.56 Å². The molecule has 5 nitrogen and oxygen atoms in total. The van der Waals surface area contributed by atoms with E-state index in [4.69, 9.17) is 0 Å². The highest BCUT2D eigenvalue weighted by molar-refractivity contribution is 6.04. The van der Waals surface area contributed by atoms with Gasteiger partial charge in [0, 0.05) is 31.2 Å². The lowest BCUT2D eigenvalue weighted by atomic mass is 9.92. The summed E-state index contributed by atoms with van der Waals surface area (Å²) < 4.78 is 0. The summed E-state index contributed by atoms with van der Waals surface area (Å²) in [7, 11) is 0. The van der Waals surface area contributed by atoms with E-state index in [0.717, 1.165) is 5.56 Å². The molecule has 1 N–H and O–H groups in total. The largest absolute Gasteiger partial charge is 0.480 e. The number of carboxylic acid groups (broad SMARTS) is 1. The van der Waals surface area contributed by atoms with Crippen LogP contribution in [0, 0.1) is 0 Å². The lowest BCUT2D eigenvalue weighted by molar-refractivity contribution is -0.142. The number of hydrogen-bond donors (Lipinski definition) is 1. The second kappa shape index (κ2) is 5.86. The Morgan fingerprint density at radius 3 is 2.05 bits per heavy atom. The van der Waals surface area contributed by atoms with Crippen molar-refractivity contribution in [1.29, 1.82) is 0 Å². The Morgan fingerprint density at radius 1 is 1.00 bits per heavy atom. The minimum absolute atomic E-state index is 0.0712. The van der Waals surface area contributed by atoms with Crippen LogP contribution in [0.3, 0.4) is 0 Å². The average molecular weight is 256 g/mol. The molecule has 0 saturated carbocycles. The molecule has 2 rings (SSSR count). The second-order valence-electron chi connectivity index (χ2n) is 4.05. The van der Waals surface area contributed by atoms with Crippen molar-refractivity contribution >= 4 is 11.8 Å². The van der Waals surface area contributed by atoms with Gasteiger partial charge in [-0.2, -0.15) is 0 Å². The van der Waals surface area contributed by atoms with E-state index in [9.17, 15) is 14.7 Å². The van der Waals surface area contributed by atoms with Crippen LogP contribution >= 0.6 is 0 Å². The first-order chi connectivity index (χ1) is 9.18. The number of aliphatic carboxylic acids is 1. The third kappa shape index (κ3) is 3.22. The van der Waals surface area contributed by atoms with E-state index in [-0.39, 0.29) is 12.2 Å². The summed E-state index contributed by atoms with van der Waals surface area (Å²) in [4.78, 5) is 31.1. The highest BCUT2D eigenvalue weighted by Crippen LogP contribution is 2.18. The molecule has 5 heteroatoms. The van der Waals surface area contributed by atoms with E-state index in [1.807, 2.05) is 0 Å². The van der Waals surface area contributed by atoms with E-state index in [1.165, 1.54) is 12.4 Å². The summed E-state index contributed by atoms with van der Waals surface area (Å²) in [5.74, 6) is -2.66. The van der Waals surface area contributed by atoms with Crippen molar-refractivity contribution in [3.05, 3.63) is 60.2 Å². The Hall–Kier alpha value is -2.56. The molecule has 1 unspecified atom stereocenters. The fourth-order valence-electron chi connectivity index (χ4n) is 1.83. The molecule has 2 heterocycles. The lowest BCUT2D eigenvalue weighted by Gasteiger charge is -2.11. The van der Waals surface area contributed by atoms with Crippen molar-refractivity contribution in [2.75, 3.05) is 0 Å². The number of Topliss-reactive ketones (excluding diaryl/α,β-unsaturated/α-hetero) is 1. The molecule has 0 aromatic carbocycles. The first-order valence-electron chi connectivity index (χ1n) is 5.73. The molecule has 0 saturated heterocycles. The Labute approximate surface area is 110 Å². The number of carbonyl (C=O) groups is 2. The molecule has 96 valence electrons. The maximum Gasteiger partial charge on any atom is 0.318 e. The number of ketones is 1. The molecular weight excluding hydrogens is 244 g/mol. The standard InChI is InChI=1S/C14H12N2O3/c17-12(9-10-1-5-15-6-2-10)13(14(18)19)11-3-7-16-8-4-11/h1-8,13H,9H2,(H,18,19). The number of carboxylic acids is 1. The number of pyridine rings is 2. The SMILES string of the molecule is O=C(O)C(C(=O)Cc1ccncc1)c1ccncc1. The molecule has 2 aromatic rings. The molecule has 0 radical (unpaired) electrons. The molecule has 0 fully saturated rings. The van der Waals surface area contributed by atoms with E-state index in [2.05, 4.69) is 9.97 Å². The van der Waals surface area contributed by atoms with Gasteiger partial charge in [-0.15, -0.1) is 0 Å². The second-order valence-corrected chi connectivity index (χ2v) is 4.05. The minimum Gasteiger partial charge on any atom is -0.480 e. The molecule has 0 aliphatic heterocycles. The monoisotopic (exact) mass is 256 g/mol. The van der Waals surface area contributed by atoms with Gasteiger partial charge in [0.1, 0.15) is 5.92 Å². The molecule has 0 aliphatic rings. The van der Waals surface area contributed by atoms with Crippen molar-refractivity contribution < 1.29 is 14.7 Å². The number of hydrogen-bond acceptors (Lipinski definition) is 4. The van der Waals surface area contributed by atoms with Crippen LogP contribution in [0.2, 0.25) is 0 Å². The van der Waals surface area contributed by atoms with Crippen LogP contribution < -0.4 is 0 Å². The van der Waals surface area contributed by atoms with Crippen LogP contribution in [0.5, 0.6) is 0 Å². The van der Waals surface area contributed by atoms with Gasteiger partial charge in [-0.3, -0.25) is 19.6 Å². The van der Waals surface area contributed by atoms with Crippen molar-refractivity contribution in [3.63, 3.8) is 0 Å². The molecule has 0 aliphatic carbocycles. The summed E-state index contributed by atoms with van der Waals surface area (Å²) in [6.07, 6.45) is 6.17. The van der Waals surface area contributed by atoms with Crippen molar-refractivity contribution in [3.8, 4) is 0 Å². The minimum atomic E-state index is -1.16. The number of nitrogens with zero attached hydrogens (tertiary/aromatic N) is 2. The van der Waals surface area contributed by atoms with Gasteiger partial charge in [0.05, 0.1) is 0 Å².